The van der Waals surface area contributed by atoms with E-state index >= 15 is 0 Å². The Kier molecular flexibility index (Phi) is 6.29. The molecule has 0 unspecified atom stereocenters. The maximum absolute atomic E-state index is 12.6. The van der Waals surface area contributed by atoms with Gasteiger partial charge in [0.25, 0.3) is 0 Å². The second-order valence-electron chi connectivity index (χ2n) is 4.82. The molecule has 0 aliphatic rings. The lowest BCUT2D eigenvalue weighted by atomic mass is 10.1. The molecule has 0 N–H and O–H groups in total. The van der Waals surface area contributed by atoms with Crippen molar-refractivity contribution in [3.8, 4) is 17.6 Å². The SMILES string of the molecule is CCOc1cccc(COC(=O)c2ccc(C#N)cc2)c1OC(F)F. The number of nitriles is 1. The predicted molar refractivity (Wildman–Crippen MR) is 84.5 cm³/mol. The Balaban J connectivity index is 2.14. The molecular formula is C18H15F2NO4. The summed E-state index contributed by atoms with van der Waals surface area (Å²) in [4.78, 5) is 12.0. The molecule has 0 saturated heterocycles. The van der Waals surface area contributed by atoms with Crippen molar-refractivity contribution in [3.05, 3.63) is 59.2 Å². The van der Waals surface area contributed by atoms with E-state index in [1.807, 2.05) is 6.07 Å². The van der Waals surface area contributed by atoms with Crippen LogP contribution in [0.25, 0.3) is 0 Å². The molecule has 0 aromatic heterocycles. The van der Waals surface area contributed by atoms with Gasteiger partial charge in [0.05, 0.1) is 23.8 Å². The number of para-hydroxylation sites is 1. The van der Waals surface area contributed by atoms with Crippen LogP contribution in [0.5, 0.6) is 11.5 Å². The first kappa shape index (κ1) is 18.2. The molecule has 0 saturated carbocycles. The lowest BCUT2D eigenvalue weighted by molar-refractivity contribution is -0.0526. The number of halogens is 2. The van der Waals surface area contributed by atoms with Gasteiger partial charge in [0.2, 0.25) is 0 Å². The summed E-state index contributed by atoms with van der Waals surface area (Å²) < 4.78 is 40.2. The first-order chi connectivity index (χ1) is 12.0. The summed E-state index contributed by atoms with van der Waals surface area (Å²) in [6.07, 6.45) is 0. The number of hydrogen-bond acceptors (Lipinski definition) is 5. The van der Waals surface area contributed by atoms with Gasteiger partial charge in [-0.1, -0.05) is 12.1 Å². The minimum absolute atomic E-state index is 0.148. The van der Waals surface area contributed by atoms with Crippen molar-refractivity contribution in [1.29, 1.82) is 5.26 Å². The number of alkyl halides is 2. The van der Waals surface area contributed by atoms with Crippen molar-refractivity contribution >= 4 is 5.97 Å². The van der Waals surface area contributed by atoms with Crippen LogP contribution in [-0.4, -0.2) is 19.2 Å². The Bertz CT molecular complexity index is 770. The molecule has 5 nitrogen and oxygen atoms in total. The molecule has 130 valence electrons. The molecule has 7 heteroatoms. The van der Waals surface area contributed by atoms with Crippen LogP contribution in [0.3, 0.4) is 0 Å². The van der Waals surface area contributed by atoms with Gasteiger partial charge in [-0.25, -0.2) is 4.79 Å². The molecule has 0 amide bonds. The topological polar surface area (TPSA) is 68.5 Å². The minimum atomic E-state index is -3.03. The maximum atomic E-state index is 12.6. The summed E-state index contributed by atoms with van der Waals surface area (Å²) in [6, 6.07) is 12.4. The van der Waals surface area contributed by atoms with Crippen LogP contribution in [0.2, 0.25) is 0 Å². The Morgan fingerprint density at radius 2 is 1.92 bits per heavy atom. The number of rotatable bonds is 7. The summed E-state index contributed by atoms with van der Waals surface area (Å²) in [5, 5.41) is 8.74. The lowest BCUT2D eigenvalue weighted by Gasteiger charge is -2.15. The third-order valence-electron chi connectivity index (χ3n) is 3.18. The van der Waals surface area contributed by atoms with Crippen LogP contribution in [-0.2, 0) is 11.3 Å². The second kappa shape index (κ2) is 8.64. The molecule has 0 fully saturated rings. The maximum Gasteiger partial charge on any atom is 0.387 e. The van der Waals surface area contributed by atoms with Gasteiger partial charge < -0.3 is 14.2 Å². The van der Waals surface area contributed by atoms with Gasteiger partial charge in [0.15, 0.2) is 11.5 Å². The molecule has 0 radical (unpaired) electrons. The van der Waals surface area contributed by atoms with Gasteiger partial charge in [0, 0.05) is 5.56 Å². The van der Waals surface area contributed by atoms with E-state index in [0.29, 0.717) is 5.56 Å². The Labute approximate surface area is 143 Å². The lowest BCUT2D eigenvalue weighted by Crippen LogP contribution is -2.10. The highest BCUT2D eigenvalue weighted by atomic mass is 19.3. The average Bonchev–Trinajstić information content (AvgIpc) is 2.61. The number of hydrogen-bond donors (Lipinski definition) is 0. The normalized spacial score (nSPS) is 10.2. The summed E-state index contributed by atoms with van der Waals surface area (Å²) in [7, 11) is 0. The molecule has 0 atom stereocenters. The fourth-order valence-corrected chi connectivity index (χ4v) is 2.07. The Morgan fingerprint density at radius 1 is 1.20 bits per heavy atom. The fraction of sp³-hybridized carbons (Fsp3) is 0.222. The van der Waals surface area contributed by atoms with Gasteiger partial charge in [-0.2, -0.15) is 14.0 Å². The van der Waals surface area contributed by atoms with E-state index in [2.05, 4.69) is 4.74 Å². The molecule has 0 aliphatic heterocycles. The third kappa shape index (κ3) is 4.91. The first-order valence-electron chi connectivity index (χ1n) is 7.42. The quantitative estimate of drug-likeness (QED) is 0.710. The molecular weight excluding hydrogens is 332 g/mol. The standard InChI is InChI=1S/C18H15F2NO4/c1-2-23-15-5-3-4-14(16(15)25-18(19)20)11-24-17(22)13-8-6-12(10-21)7-9-13/h3-9,18H,2,11H2,1H3. The first-order valence-corrected chi connectivity index (χ1v) is 7.42. The molecule has 0 heterocycles. The minimum Gasteiger partial charge on any atom is -0.490 e. The molecule has 0 bridgehead atoms. The van der Waals surface area contributed by atoms with Crippen LogP contribution in [0.1, 0.15) is 28.4 Å². The molecule has 2 rings (SSSR count). The molecule has 0 aliphatic carbocycles. The van der Waals surface area contributed by atoms with Crippen molar-refractivity contribution < 1.29 is 27.8 Å². The zero-order valence-electron chi connectivity index (χ0n) is 13.4. The number of ether oxygens (including phenoxy) is 3. The van der Waals surface area contributed by atoms with E-state index in [-0.39, 0.29) is 35.8 Å². The molecule has 2 aromatic carbocycles. The predicted octanol–water partition coefficient (Wildman–Crippen LogP) is 3.92. The van der Waals surface area contributed by atoms with Crippen molar-refractivity contribution in [3.63, 3.8) is 0 Å². The van der Waals surface area contributed by atoms with Crippen LogP contribution in [0.4, 0.5) is 8.78 Å². The Morgan fingerprint density at radius 3 is 2.52 bits per heavy atom. The molecule has 25 heavy (non-hydrogen) atoms. The summed E-state index contributed by atoms with van der Waals surface area (Å²) in [5.41, 5.74) is 0.915. The Hall–Kier alpha value is -3.14. The average molecular weight is 347 g/mol. The van der Waals surface area contributed by atoms with Gasteiger partial charge in [0.1, 0.15) is 6.61 Å². The van der Waals surface area contributed by atoms with Crippen molar-refractivity contribution in [2.45, 2.75) is 20.1 Å². The second-order valence-corrected chi connectivity index (χ2v) is 4.82. The monoisotopic (exact) mass is 347 g/mol. The fourth-order valence-electron chi connectivity index (χ4n) is 2.07. The van der Waals surface area contributed by atoms with Crippen molar-refractivity contribution in [2.75, 3.05) is 6.61 Å². The largest absolute Gasteiger partial charge is 0.490 e. The van der Waals surface area contributed by atoms with Crippen LogP contribution in [0.15, 0.2) is 42.5 Å². The third-order valence-corrected chi connectivity index (χ3v) is 3.18. The zero-order chi connectivity index (χ0) is 18.2. The van der Waals surface area contributed by atoms with E-state index in [4.69, 9.17) is 14.7 Å². The van der Waals surface area contributed by atoms with Crippen LogP contribution < -0.4 is 9.47 Å². The van der Waals surface area contributed by atoms with E-state index in [0.717, 1.165) is 0 Å². The zero-order valence-corrected chi connectivity index (χ0v) is 13.4. The number of carbonyl (C=O) groups is 1. The van der Waals surface area contributed by atoms with Gasteiger partial charge in [-0.3, -0.25) is 0 Å². The van der Waals surface area contributed by atoms with E-state index in [9.17, 15) is 13.6 Å². The van der Waals surface area contributed by atoms with Gasteiger partial charge in [-0.05, 0) is 37.3 Å². The van der Waals surface area contributed by atoms with E-state index in [1.165, 1.54) is 36.4 Å². The van der Waals surface area contributed by atoms with Crippen molar-refractivity contribution in [2.24, 2.45) is 0 Å². The number of carbonyl (C=O) groups excluding carboxylic acids is 1. The smallest absolute Gasteiger partial charge is 0.387 e. The molecule has 2 aromatic rings. The number of nitrogens with zero attached hydrogens (tertiary/aromatic N) is 1. The highest BCUT2D eigenvalue weighted by Gasteiger charge is 2.17. The highest BCUT2D eigenvalue weighted by Crippen LogP contribution is 2.33. The van der Waals surface area contributed by atoms with Gasteiger partial charge >= 0.3 is 12.6 Å². The highest BCUT2D eigenvalue weighted by molar-refractivity contribution is 5.89. The van der Waals surface area contributed by atoms with Gasteiger partial charge in [-0.15, -0.1) is 0 Å². The summed E-state index contributed by atoms with van der Waals surface area (Å²) in [6.45, 7) is -1.31. The summed E-state index contributed by atoms with van der Waals surface area (Å²) in [5.74, 6) is -0.656. The van der Waals surface area contributed by atoms with E-state index < -0.39 is 12.6 Å². The number of esters is 1. The van der Waals surface area contributed by atoms with Crippen molar-refractivity contribution in [1.82, 2.24) is 0 Å². The van der Waals surface area contributed by atoms with Crippen LogP contribution in [0, 0.1) is 11.3 Å². The molecule has 0 spiro atoms. The van der Waals surface area contributed by atoms with E-state index in [1.54, 1.807) is 13.0 Å². The summed E-state index contributed by atoms with van der Waals surface area (Å²) >= 11 is 0. The van der Waals surface area contributed by atoms with Crippen LogP contribution >= 0.6 is 0 Å². The number of benzene rings is 2.